The standard InChI is InChI=1S/C42H48ClFN10O3.ClH/c1-50(33-5-2-28(25-45)35(43)24-33)31-6-3-30(4-7-31)46-41(56)36-8-9-39(49-48-36)52-18-10-27(11-19-52)26-51-16-12-32(13-17-51)53-20-14-34-37(53)22-29(44)23-38(34)54-21-15-40(55)47-42(54)57;/h2,5,8-9,14,20,22-24,27,30-32H,3-4,6-7,10-13,15-19,21,26H2,1H3,(H,46,56)(H,47,55,57);1H/t30-,31-;. The Bertz CT molecular complexity index is 2170. The fourth-order valence-electron chi connectivity index (χ4n) is 9.14. The molecule has 5 heterocycles. The number of rotatable bonds is 9. The number of fused-ring (bicyclic) bond motifs is 1. The molecule has 13 nitrogen and oxygen atoms in total. The van der Waals surface area contributed by atoms with Gasteiger partial charge in [-0.15, -0.1) is 22.6 Å². The number of aromatic nitrogens is 3. The summed E-state index contributed by atoms with van der Waals surface area (Å²) in [4.78, 5) is 45.8. The third-order valence-electron chi connectivity index (χ3n) is 12.5. The van der Waals surface area contributed by atoms with E-state index in [1.54, 1.807) is 18.2 Å². The van der Waals surface area contributed by atoms with E-state index in [2.05, 4.69) is 46.2 Å². The Hall–Kier alpha value is -4.97. The average Bonchev–Trinajstić information content (AvgIpc) is 3.65. The summed E-state index contributed by atoms with van der Waals surface area (Å²) in [7, 11) is 2.05. The van der Waals surface area contributed by atoms with Gasteiger partial charge in [0.05, 0.1) is 21.8 Å². The molecule has 4 aromatic rings. The second-order valence-electron chi connectivity index (χ2n) is 15.9. The Morgan fingerprint density at radius 1 is 0.966 bits per heavy atom. The monoisotopic (exact) mass is 830 g/mol. The van der Waals surface area contributed by atoms with E-state index >= 15 is 0 Å². The second-order valence-corrected chi connectivity index (χ2v) is 16.3. The van der Waals surface area contributed by atoms with Gasteiger partial charge < -0.3 is 24.6 Å². The number of hydrogen-bond donors (Lipinski definition) is 2. The molecule has 1 saturated carbocycles. The van der Waals surface area contributed by atoms with E-state index < -0.39 is 11.8 Å². The summed E-state index contributed by atoms with van der Waals surface area (Å²) >= 11 is 6.26. The van der Waals surface area contributed by atoms with Gasteiger partial charge in [-0.1, -0.05) is 11.6 Å². The minimum Gasteiger partial charge on any atom is -0.372 e. The Labute approximate surface area is 348 Å². The van der Waals surface area contributed by atoms with Crippen LogP contribution in [0.25, 0.3) is 10.9 Å². The Morgan fingerprint density at radius 2 is 1.72 bits per heavy atom. The van der Waals surface area contributed by atoms with Gasteiger partial charge in [0.25, 0.3) is 5.91 Å². The number of imide groups is 1. The predicted molar refractivity (Wildman–Crippen MR) is 224 cm³/mol. The van der Waals surface area contributed by atoms with Gasteiger partial charge in [0.1, 0.15) is 11.9 Å². The number of carbonyl (C=O) groups excluding carboxylic acids is 3. The number of amides is 4. The number of urea groups is 1. The summed E-state index contributed by atoms with van der Waals surface area (Å²) in [6.07, 6.45) is 9.80. The van der Waals surface area contributed by atoms with E-state index in [1.165, 1.54) is 11.0 Å². The number of hydrogen-bond acceptors (Lipinski definition) is 9. The summed E-state index contributed by atoms with van der Waals surface area (Å²) in [5.74, 6) is 0.468. The van der Waals surface area contributed by atoms with Crippen LogP contribution in [-0.4, -0.2) is 95.9 Å². The highest BCUT2D eigenvalue weighted by Gasteiger charge is 2.30. The van der Waals surface area contributed by atoms with Crippen LogP contribution in [0, 0.1) is 23.1 Å². The molecule has 3 aliphatic heterocycles. The number of nitriles is 1. The normalized spacial score (nSPS) is 21.0. The summed E-state index contributed by atoms with van der Waals surface area (Å²) in [5.41, 5.74) is 3.04. The zero-order chi connectivity index (χ0) is 39.6. The minimum absolute atomic E-state index is 0. The lowest BCUT2D eigenvalue weighted by Gasteiger charge is -2.38. The van der Waals surface area contributed by atoms with Gasteiger partial charge in [0, 0.05) is 88.1 Å². The van der Waals surface area contributed by atoms with E-state index in [1.807, 2.05) is 37.5 Å². The van der Waals surface area contributed by atoms with Gasteiger partial charge in [-0.25, -0.2) is 9.18 Å². The molecule has 4 aliphatic rings. The number of piperidine rings is 2. The van der Waals surface area contributed by atoms with Crippen molar-refractivity contribution in [1.82, 2.24) is 30.3 Å². The molecule has 16 heteroatoms. The fourth-order valence-corrected chi connectivity index (χ4v) is 9.36. The Balaban J connectivity index is 0.00000512. The summed E-state index contributed by atoms with van der Waals surface area (Å²) in [6, 6.07) is 16.3. The van der Waals surface area contributed by atoms with Crippen molar-refractivity contribution in [1.29, 1.82) is 5.26 Å². The number of anilines is 3. The highest BCUT2D eigenvalue weighted by atomic mass is 35.5. The second kappa shape index (κ2) is 17.9. The lowest BCUT2D eigenvalue weighted by Crippen LogP contribution is -2.49. The lowest BCUT2D eigenvalue weighted by molar-refractivity contribution is -0.120. The van der Waals surface area contributed by atoms with E-state index in [0.717, 1.165) is 106 Å². The maximum absolute atomic E-state index is 14.9. The summed E-state index contributed by atoms with van der Waals surface area (Å²) in [6.45, 7) is 4.98. The van der Waals surface area contributed by atoms with Crippen molar-refractivity contribution in [3.8, 4) is 6.07 Å². The van der Waals surface area contributed by atoms with Crippen LogP contribution < -0.4 is 25.3 Å². The van der Waals surface area contributed by atoms with Crippen molar-refractivity contribution in [3.05, 3.63) is 76.8 Å². The average molecular weight is 832 g/mol. The van der Waals surface area contributed by atoms with Crippen LogP contribution in [0.2, 0.25) is 5.02 Å². The molecule has 4 fully saturated rings. The number of carbonyl (C=O) groups is 3. The summed E-state index contributed by atoms with van der Waals surface area (Å²) in [5, 5.41) is 24.7. The van der Waals surface area contributed by atoms with Crippen LogP contribution in [0.3, 0.4) is 0 Å². The van der Waals surface area contributed by atoms with Gasteiger partial charge in [0.2, 0.25) is 5.91 Å². The lowest BCUT2D eigenvalue weighted by atomic mass is 9.90. The van der Waals surface area contributed by atoms with E-state index in [4.69, 9.17) is 11.6 Å². The molecular formula is C42H49Cl2FN10O3. The molecule has 0 spiro atoms. The van der Waals surface area contributed by atoms with Gasteiger partial charge in [-0.3, -0.25) is 19.8 Å². The topological polar surface area (TPSA) is 143 Å². The van der Waals surface area contributed by atoms with Crippen LogP contribution in [0.1, 0.15) is 79.9 Å². The van der Waals surface area contributed by atoms with Crippen molar-refractivity contribution in [2.45, 2.75) is 75.9 Å². The van der Waals surface area contributed by atoms with Crippen LogP contribution in [0.15, 0.2) is 54.7 Å². The summed E-state index contributed by atoms with van der Waals surface area (Å²) < 4.78 is 17.0. The zero-order valence-electron chi connectivity index (χ0n) is 32.6. The van der Waals surface area contributed by atoms with Crippen LogP contribution in [0.4, 0.5) is 26.4 Å². The highest BCUT2D eigenvalue weighted by Crippen LogP contribution is 2.35. The largest absolute Gasteiger partial charge is 0.372 e. The fraction of sp³-hybridized carbons (Fsp3) is 0.476. The molecule has 3 saturated heterocycles. The number of likely N-dealkylation sites (tertiary alicyclic amines) is 1. The first-order chi connectivity index (χ1) is 27.6. The van der Waals surface area contributed by atoms with Crippen molar-refractivity contribution >= 4 is 69.9 Å². The number of benzene rings is 2. The van der Waals surface area contributed by atoms with Gasteiger partial charge >= 0.3 is 6.03 Å². The molecule has 58 heavy (non-hydrogen) atoms. The molecule has 306 valence electrons. The van der Waals surface area contributed by atoms with Crippen LogP contribution >= 0.6 is 24.0 Å². The quantitative estimate of drug-likeness (QED) is 0.189. The van der Waals surface area contributed by atoms with Gasteiger partial charge in [0.15, 0.2) is 11.5 Å². The molecule has 8 rings (SSSR count). The van der Waals surface area contributed by atoms with Crippen molar-refractivity contribution in [2.24, 2.45) is 5.92 Å². The minimum atomic E-state index is -0.514. The van der Waals surface area contributed by atoms with Crippen molar-refractivity contribution in [2.75, 3.05) is 61.0 Å². The third kappa shape index (κ3) is 8.87. The SMILES string of the molecule is CN(c1ccc(C#N)c(Cl)c1)[C@H]1CC[C@H](NC(=O)c2ccc(N3CCC(CN4CCC(n5ccc6c(N7CCC(=O)NC7=O)cc(F)cc65)CC4)CC3)nn2)CC1.Cl. The number of nitrogens with zero attached hydrogens (tertiary/aromatic N) is 8. The van der Waals surface area contributed by atoms with E-state index in [-0.39, 0.29) is 49.3 Å². The molecule has 2 N–H and O–H groups in total. The molecule has 0 bridgehead atoms. The molecule has 0 radical (unpaired) electrons. The number of halogens is 3. The maximum atomic E-state index is 14.9. The molecule has 0 atom stereocenters. The highest BCUT2D eigenvalue weighted by molar-refractivity contribution is 6.32. The first-order valence-electron chi connectivity index (χ1n) is 20.1. The zero-order valence-corrected chi connectivity index (χ0v) is 34.2. The Kier molecular flexibility index (Phi) is 12.7. The van der Waals surface area contributed by atoms with E-state index in [0.29, 0.717) is 33.9 Å². The van der Waals surface area contributed by atoms with Crippen molar-refractivity contribution < 1.29 is 18.8 Å². The van der Waals surface area contributed by atoms with Crippen LogP contribution in [-0.2, 0) is 4.79 Å². The van der Waals surface area contributed by atoms with E-state index in [9.17, 15) is 24.0 Å². The first-order valence-corrected chi connectivity index (χ1v) is 20.5. The molecule has 4 amide bonds. The molecule has 2 aromatic heterocycles. The van der Waals surface area contributed by atoms with Crippen LogP contribution in [0.5, 0.6) is 0 Å². The number of nitrogens with one attached hydrogen (secondary N) is 2. The maximum Gasteiger partial charge on any atom is 0.328 e. The smallest absolute Gasteiger partial charge is 0.328 e. The molecule has 1 aliphatic carbocycles. The molecular weight excluding hydrogens is 782 g/mol. The third-order valence-corrected chi connectivity index (χ3v) is 12.8. The van der Waals surface area contributed by atoms with Crippen molar-refractivity contribution in [3.63, 3.8) is 0 Å². The molecule has 2 aromatic carbocycles. The molecule has 0 unspecified atom stereocenters. The van der Waals surface area contributed by atoms with Gasteiger partial charge in [-0.2, -0.15) is 5.26 Å². The first kappa shape index (κ1) is 41.2. The predicted octanol–water partition coefficient (Wildman–Crippen LogP) is 6.69. The van der Waals surface area contributed by atoms with Gasteiger partial charge in [-0.05, 0) is 106 Å². The Morgan fingerprint density at radius 3 is 2.40 bits per heavy atom.